The van der Waals surface area contributed by atoms with Crippen molar-refractivity contribution in [3.63, 3.8) is 0 Å². The van der Waals surface area contributed by atoms with Gasteiger partial charge in [-0.15, -0.1) is 11.8 Å². The van der Waals surface area contributed by atoms with Gasteiger partial charge in [-0.3, -0.25) is 9.59 Å². The lowest BCUT2D eigenvalue weighted by Gasteiger charge is -2.11. The van der Waals surface area contributed by atoms with Crippen LogP contribution in [0, 0.1) is 0 Å². The Balaban J connectivity index is 1.70. The molecule has 144 valence electrons. The van der Waals surface area contributed by atoms with Crippen LogP contribution < -0.4 is 10.6 Å². The van der Waals surface area contributed by atoms with Crippen molar-refractivity contribution in [2.75, 3.05) is 23.4 Å². The minimum atomic E-state index is -0.132. The number of amides is 2. The molecule has 2 N–H and O–H groups in total. The average molecular weight is 451 g/mol. The van der Waals surface area contributed by atoms with Crippen LogP contribution in [0.15, 0.2) is 53.0 Å². The third-order valence-corrected chi connectivity index (χ3v) is 5.06. The largest absolute Gasteiger partial charge is 0.377 e. The van der Waals surface area contributed by atoms with E-state index in [2.05, 4.69) is 26.6 Å². The predicted molar refractivity (Wildman–Crippen MR) is 114 cm³/mol. The summed E-state index contributed by atoms with van der Waals surface area (Å²) in [5.74, 6) is 0.231. The van der Waals surface area contributed by atoms with Gasteiger partial charge in [0, 0.05) is 23.3 Å². The molecule has 0 aliphatic rings. The molecule has 0 atom stereocenters. The number of nitrogens with one attached hydrogen (secondary N) is 2. The van der Waals surface area contributed by atoms with Gasteiger partial charge in [0.1, 0.15) is 0 Å². The number of ether oxygens (including phenoxy) is 1. The number of hydrogen-bond donors (Lipinski definition) is 2. The molecular weight excluding hydrogens is 428 g/mol. The van der Waals surface area contributed by atoms with Gasteiger partial charge < -0.3 is 15.4 Å². The Labute approximate surface area is 172 Å². The van der Waals surface area contributed by atoms with Gasteiger partial charge in [-0.25, -0.2) is 0 Å². The third kappa shape index (κ3) is 8.15. The molecule has 0 aromatic heterocycles. The van der Waals surface area contributed by atoms with Crippen molar-refractivity contribution in [1.29, 1.82) is 0 Å². The first kappa shape index (κ1) is 21.5. The molecule has 0 saturated carbocycles. The summed E-state index contributed by atoms with van der Waals surface area (Å²) in [7, 11) is 0. The number of hydrogen-bond acceptors (Lipinski definition) is 4. The Bertz CT molecular complexity index is 770. The number of thioether (sulfide) groups is 1. The molecule has 0 spiro atoms. The van der Waals surface area contributed by atoms with E-state index in [-0.39, 0.29) is 23.3 Å². The normalized spacial score (nSPS) is 10.4. The lowest BCUT2D eigenvalue weighted by molar-refractivity contribution is -0.118. The highest BCUT2D eigenvalue weighted by Gasteiger charge is 2.08. The third-order valence-electron chi connectivity index (χ3n) is 3.63. The monoisotopic (exact) mass is 450 g/mol. The zero-order valence-electron chi connectivity index (χ0n) is 15.2. The molecule has 27 heavy (non-hydrogen) atoms. The molecule has 2 amide bonds. The van der Waals surface area contributed by atoms with E-state index in [1.54, 1.807) is 0 Å². The van der Waals surface area contributed by atoms with E-state index in [0.29, 0.717) is 19.8 Å². The van der Waals surface area contributed by atoms with Gasteiger partial charge in [0.15, 0.2) is 0 Å². The molecule has 0 aliphatic heterocycles. The van der Waals surface area contributed by atoms with Crippen LogP contribution in [0.5, 0.6) is 0 Å². The van der Waals surface area contributed by atoms with Crippen LogP contribution in [-0.4, -0.2) is 29.9 Å². The van der Waals surface area contributed by atoms with Gasteiger partial charge >= 0.3 is 0 Å². The van der Waals surface area contributed by atoms with E-state index < -0.39 is 0 Å². The van der Waals surface area contributed by atoms with E-state index >= 15 is 0 Å². The zero-order valence-corrected chi connectivity index (χ0v) is 17.6. The summed E-state index contributed by atoms with van der Waals surface area (Å²) < 4.78 is 6.35. The Morgan fingerprint density at radius 1 is 1.04 bits per heavy atom. The van der Waals surface area contributed by atoms with Gasteiger partial charge in [0.05, 0.1) is 18.1 Å². The Morgan fingerprint density at radius 2 is 1.78 bits per heavy atom. The fraction of sp³-hybridized carbons (Fsp3) is 0.300. The van der Waals surface area contributed by atoms with Gasteiger partial charge in [0.2, 0.25) is 11.8 Å². The van der Waals surface area contributed by atoms with Gasteiger partial charge in [0.25, 0.3) is 0 Å². The molecular formula is C20H23BrN2O3S. The van der Waals surface area contributed by atoms with Crippen LogP contribution in [0.3, 0.4) is 0 Å². The van der Waals surface area contributed by atoms with Crippen LogP contribution in [0.2, 0.25) is 0 Å². The maximum atomic E-state index is 12.0. The van der Waals surface area contributed by atoms with Crippen LogP contribution in [0.1, 0.15) is 18.1 Å². The highest BCUT2D eigenvalue weighted by Crippen LogP contribution is 2.16. The Hall–Kier alpha value is -1.83. The molecule has 7 heteroatoms. The summed E-state index contributed by atoms with van der Waals surface area (Å²) in [4.78, 5) is 24.0. The quantitative estimate of drug-likeness (QED) is 0.574. The predicted octanol–water partition coefficient (Wildman–Crippen LogP) is 3.97. The van der Waals surface area contributed by atoms with E-state index in [0.717, 1.165) is 21.3 Å². The van der Waals surface area contributed by atoms with Gasteiger partial charge in [-0.1, -0.05) is 46.3 Å². The number of carbonyl (C=O) groups is 2. The molecule has 2 rings (SSSR count). The SMILES string of the molecule is CCOCc1ccccc1CNC(=O)CSCC(=O)Nc1cccc(Br)c1. The first-order chi connectivity index (χ1) is 13.1. The summed E-state index contributed by atoms with van der Waals surface area (Å²) in [6, 6.07) is 15.3. The second-order valence-electron chi connectivity index (χ2n) is 5.73. The molecule has 2 aromatic carbocycles. The van der Waals surface area contributed by atoms with Crippen molar-refractivity contribution in [1.82, 2.24) is 5.32 Å². The van der Waals surface area contributed by atoms with Crippen LogP contribution in [0.25, 0.3) is 0 Å². The molecule has 0 heterocycles. The summed E-state index contributed by atoms with van der Waals surface area (Å²) >= 11 is 4.65. The first-order valence-electron chi connectivity index (χ1n) is 8.63. The minimum absolute atomic E-state index is 0.0959. The number of anilines is 1. The van der Waals surface area contributed by atoms with Crippen molar-refractivity contribution in [2.45, 2.75) is 20.1 Å². The second-order valence-corrected chi connectivity index (χ2v) is 7.64. The lowest BCUT2D eigenvalue weighted by Crippen LogP contribution is -2.26. The first-order valence-corrected chi connectivity index (χ1v) is 10.6. The van der Waals surface area contributed by atoms with E-state index in [4.69, 9.17) is 4.74 Å². The maximum absolute atomic E-state index is 12.0. The highest BCUT2D eigenvalue weighted by atomic mass is 79.9. The van der Waals surface area contributed by atoms with E-state index in [1.807, 2.05) is 55.5 Å². The van der Waals surface area contributed by atoms with Crippen molar-refractivity contribution in [3.05, 3.63) is 64.1 Å². The number of rotatable bonds is 10. The zero-order chi connectivity index (χ0) is 19.5. The molecule has 0 bridgehead atoms. The van der Waals surface area contributed by atoms with E-state index in [1.165, 1.54) is 11.8 Å². The summed E-state index contributed by atoms with van der Waals surface area (Å²) in [6.07, 6.45) is 0. The minimum Gasteiger partial charge on any atom is -0.377 e. The standard InChI is InChI=1S/C20H23BrN2O3S/c1-2-26-12-16-7-4-3-6-15(16)11-22-19(24)13-27-14-20(25)23-18-9-5-8-17(21)10-18/h3-10H,2,11-14H2,1H3,(H,22,24)(H,23,25). The molecule has 2 aromatic rings. The maximum Gasteiger partial charge on any atom is 0.234 e. The highest BCUT2D eigenvalue weighted by molar-refractivity contribution is 9.10. The van der Waals surface area contributed by atoms with Crippen molar-refractivity contribution in [2.24, 2.45) is 0 Å². The Morgan fingerprint density at radius 3 is 2.52 bits per heavy atom. The van der Waals surface area contributed by atoms with Crippen LogP contribution in [-0.2, 0) is 27.5 Å². The van der Waals surface area contributed by atoms with E-state index in [9.17, 15) is 9.59 Å². The summed E-state index contributed by atoms with van der Waals surface area (Å²) in [5.41, 5.74) is 2.84. The number of carbonyl (C=O) groups excluding carboxylic acids is 2. The fourth-order valence-electron chi connectivity index (χ4n) is 2.33. The summed E-state index contributed by atoms with van der Waals surface area (Å²) in [5, 5.41) is 5.70. The smallest absolute Gasteiger partial charge is 0.234 e. The average Bonchev–Trinajstić information content (AvgIpc) is 2.65. The topological polar surface area (TPSA) is 67.4 Å². The van der Waals surface area contributed by atoms with Crippen molar-refractivity contribution >= 4 is 45.2 Å². The van der Waals surface area contributed by atoms with Crippen LogP contribution in [0.4, 0.5) is 5.69 Å². The lowest BCUT2D eigenvalue weighted by atomic mass is 10.1. The van der Waals surface area contributed by atoms with Gasteiger partial charge in [-0.2, -0.15) is 0 Å². The van der Waals surface area contributed by atoms with Gasteiger partial charge in [-0.05, 0) is 36.2 Å². The Kier molecular flexibility index (Phi) is 9.38. The molecule has 0 fully saturated rings. The molecule has 0 saturated heterocycles. The second kappa shape index (κ2) is 11.8. The molecule has 0 unspecified atom stereocenters. The number of benzene rings is 2. The molecule has 5 nitrogen and oxygen atoms in total. The van der Waals surface area contributed by atoms with Crippen LogP contribution >= 0.6 is 27.7 Å². The van der Waals surface area contributed by atoms with Crippen molar-refractivity contribution in [3.8, 4) is 0 Å². The fourth-order valence-corrected chi connectivity index (χ4v) is 3.37. The number of halogens is 1. The molecule has 0 radical (unpaired) electrons. The van der Waals surface area contributed by atoms with Crippen molar-refractivity contribution < 1.29 is 14.3 Å². The summed E-state index contributed by atoms with van der Waals surface area (Å²) in [6.45, 7) is 3.59. The molecule has 0 aliphatic carbocycles.